The molecular weight excluding hydrogens is 382 g/mol. The van der Waals surface area contributed by atoms with E-state index in [2.05, 4.69) is 9.07 Å². The van der Waals surface area contributed by atoms with Crippen LogP contribution in [0.4, 0.5) is 4.39 Å². The first-order chi connectivity index (χ1) is 10.2. The van der Waals surface area contributed by atoms with E-state index >= 15 is 0 Å². The molecule has 5 heteroatoms. The minimum Gasteiger partial charge on any atom is -0.297 e. The molecule has 1 fully saturated rings. The van der Waals surface area contributed by atoms with Gasteiger partial charge in [-0.3, -0.25) is 9.36 Å². The second-order valence-electron chi connectivity index (χ2n) is 5.14. The first kappa shape index (κ1) is 13.1. The van der Waals surface area contributed by atoms with Gasteiger partial charge in [0.15, 0.2) is 0 Å². The van der Waals surface area contributed by atoms with Crippen molar-refractivity contribution in [3.8, 4) is 11.3 Å². The van der Waals surface area contributed by atoms with E-state index in [1.54, 1.807) is 12.1 Å². The van der Waals surface area contributed by atoms with Gasteiger partial charge in [0.2, 0.25) is 0 Å². The second kappa shape index (κ2) is 4.98. The van der Waals surface area contributed by atoms with Crippen molar-refractivity contribution < 1.29 is 4.39 Å². The lowest BCUT2D eigenvalue weighted by atomic mass is 10.1. The van der Waals surface area contributed by atoms with E-state index in [0.29, 0.717) is 17.3 Å². The molecular formula is C16H12FIN2O. The van der Waals surface area contributed by atoms with Crippen LogP contribution < -0.4 is 10.9 Å². The standard InChI is InChI=1S/C16H12FIN2O/c17-11-5-3-10(4-6-11)14-16(21)20(12-7-8-12)15-13(19-14)2-1-9-18-15/h1-6,9,12H,7-8H2. The van der Waals surface area contributed by atoms with Crippen molar-refractivity contribution >= 4 is 26.8 Å². The SMILES string of the molecule is O=c1c(-c2ccc(F)cc2)nc2c(n1C1CC1)=IC=CC=2. The molecule has 0 spiro atoms. The van der Waals surface area contributed by atoms with E-state index in [-0.39, 0.29) is 32.1 Å². The van der Waals surface area contributed by atoms with Gasteiger partial charge in [-0.05, 0) is 47.3 Å². The molecule has 2 aliphatic rings. The zero-order valence-corrected chi connectivity index (χ0v) is 13.2. The third-order valence-electron chi connectivity index (χ3n) is 3.60. The van der Waals surface area contributed by atoms with Crippen molar-refractivity contribution in [2.45, 2.75) is 18.9 Å². The normalized spacial score (nSPS) is 16.4. The number of hydrogen-bond donors (Lipinski definition) is 0. The lowest BCUT2D eigenvalue weighted by Gasteiger charge is -2.09. The number of allylic oxidation sites excluding steroid dienone is 1. The van der Waals surface area contributed by atoms with Crippen LogP contribution >= 0.6 is 20.7 Å². The van der Waals surface area contributed by atoms with Gasteiger partial charge in [-0.1, -0.05) is 26.8 Å². The molecule has 1 saturated carbocycles. The Labute approximate surface area is 130 Å². The molecule has 4 rings (SSSR count). The fourth-order valence-corrected chi connectivity index (χ4v) is 4.72. The summed E-state index contributed by atoms with van der Waals surface area (Å²) in [5.41, 5.74) is 1.07. The third-order valence-corrected chi connectivity index (χ3v) is 6.04. The molecule has 1 aliphatic carbocycles. The summed E-state index contributed by atoms with van der Waals surface area (Å²) in [6, 6.07) is 6.31. The molecule has 0 atom stereocenters. The predicted octanol–water partition coefficient (Wildman–Crippen LogP) is 2.91. The number of fused-ring (bicyclic) bond motifs is 1. The maximum atomic E-state index is 13.1. The highest BCUT2D eigenvalue weighted by molar-refractivity contribution is 14.2. The van der Waals surface area contributed by atoms with E-state index in [0.717, 1.165) is 21.5 Å². The van der Waals surface area contributed by atoms with Gasteiger partial charge in [-0.15, -0.1) is 0 Å². The Balaban J connectivity index is 2.04. The number of nitrogens with zero attached hydrogens (tertiary/aromatic N) is 2. The topological polar surface area (TPSA) is 34.9 Å². The van der Waals surface area contributed by atoms with Crippen LogP contribution in [0.2, 0.25) is 0 Å². The van der Waals surface area contributed by atoms with Crippen molar-refractivity contribution in [1.82, 2.24) is 9.55 Å². The first-order valence-electron chi connectivity index (χ1n) is 6.80. The number of halogens is 2. The van der Waals surface area contributed by atoms with E-state index in [4.69, 9.17) is 0 Å². The monoisotopic (exact) mass is 394 g/mol. The average molecular weight is 394 g/mol. The molecule has 2 aromatic rings. The molecule has 1 aromatic heterocycles. The molecule has 21 heavy (non-hydrogen) atoms. The summed E-state index contributed by atoms with van der Waals surface area (Å²) in [7, 11) is 0. The highest BCUT2D eigenvalue weighted by Crippen LogP contribution is 2.34. The Morgan fingerprint density at radius 3 is 2.71 bits per heavy atom. The summed E-state index contributed by atoms with van der Waals surface area (Å²) in [5, 5.41) is 0.899. The number of rotatable bonds is 2. The summed E-state index contributed by atoms with van der Waals surface area (Å²) in [5.74, 6) is -0.306. The fourth-order valence-electron chi connectivity index (χ4n) is 2.43. The smallest absolute Gasteiger partial charge is 0.278 e. The summed E-state index contributed by atoms with van der Waals surface area (Å²) in [6.07, 6.45) is 6.10. The van der Waals surface area contributed by atoms with E-state index in [1.807, 2.05) is 16.7 Å². The van der Waals surface area contributed by atoms with Gasteiger partial charge in [0.1, 0.15) is 14.8 Å². The van der Waals surface area contributed by atoms with Crippen LogP contribution in [0.25, 0.3) is 17.3 Å². The molecule has 2 heterocycles. The van der Waals surface area contributed by atoms with Crippen molar-refractivity contribution in [2.75, 3.05) is 0 Å². The number of aromatic nitrogens is 2. The molecule has 0 amide bonds. The molecule has 0 radical (unpaired) electrons. The minimum absolute atomic E-state index is 0.0359. The van der Waals surface area contributed by atoms with Crippen LogP contribution in [0.3, 0.4) is 0 Å². The quantitative estimate of drug-likeness (QED) is 0.735. The average Bonchev–Trinajstić information content (AvgIpc) is 3.32. The third kappa shape index (κ3) is 2.29. The van der Waals surface area contributed by atoms with Crippen molar-refractivity contribution in [3.63, 3.8) is 0 Å². The Kier molecular flexibility index (Phi) is 3.10. The van der Waals surface area contributed by atoms with Crippen LogP contribution in [-0.4, -0.2) is 9.55 Å². The van der Waals surface area contributed by atoms with Crippen LogP contribution in [0.1, 0.15) is 18.9 Å². The second-order valence-corrected chi connectivity index (χ2v) is 7.51. The van der Waals surface area contributed by atoms with Crippen molar-refractivity contribution in [3.05, 3.63) is 59.2 Å². The predicted molar refractivity (Wildman–Crippen MR) is 88.2 cm³/mol. The highest BCUT2D eigenvalue weighted by Gasteiger charge is 2.27. The molecule has 3 nitrogen and oxygen atoms in total. The largest absolute Gasteiger partial charge is 0.297 e. The van der Waals surface area contributed by atoms with Gasteiger partial charge in [0, 0.05) is 11.6 Å². The van der Waals surface area contributed by atoms with Gasteiger partial charge < -0.3 is 0 Å². The molecule has 106 valence electrons. The van der Waals surface area contributed by atoms with Crippen molar-refractivity contribution in [2.24, 2.45) is 0 Å². The summed E-state index contributed by atoms with van der Waals surface area (Å²) in [4.78, 5) is 17.3. The Hall–Kier alpha value is -1.63. The van der Waals surface area contributed by atoms with E-state index in [9.17, 15) is 9.18 Å². The maximum Gasteiger partial charge on any atom is 0.278 e. The van der Waals surface area contributed by atoms with Crippen LogP contribution in [0, 0.1) is 9.10 Å². The summed E-state index contributed by atoms with van der Waals surface area (Å²) < 4.78 is 18.3. The molecule has 0 bridgehead atoms. The molecule has 0 saturated heterocycles. The Bertz CT molecular complexity index is 924. The molecule has 0 N–H and O–H groups in total. The fraction of sp³-hybridized carbons (Fsp3) is 0.188. The Morgan fingerprint density at radius 1 is 1.24 bits per heavy atom. The molecule has 1 aliphatic heterocycles. The summed E-state index contributed by atoms with van der Waals surface area (Å²) in [6.45, 7) is 0. The van der Waals surface area contributed by atoms with Gasteiger partial charge in [-0.2, -0.15) is 0 Å². The summed E-state index contributed by atoms with van der Waals surface area (Å²) >= 11 is -0.297. The van der Waals surface area contributed by atoms with Gasteiger partial charge in [0.25, 0.3) is 5.56 Å². The van der Waals surface area contributed by atoms with E-state index < -0.39 is 0 Å². The van der Waals surface area contributed by atoms with E-state index in [1.165, 1.54) is 12.1 Å². The lowest BCUT2D eigenvalue weighted by molar-refractivity contribution is 0.628. The molecule has 0 unspecified atom stereocenters. The lowest BCUT2D eigenvalue weighted by Crippen LogP contribution is -2.30. The van der Waals surface area contributed by atoms with Crippen LogP contribution in [0.5, 0.6) is 0 Å². The Morgan fingerprint density at radius 2 is 2.00 bits per heavy atom. The van der Waals surface area contributed by atoms with Crippen LogP contribution in [0.15, 0.2) is 39.2 Å². The van der Waals surface area contributed by atoms with Gasteiger partial charge in [0.05, 0.1) is 5.35 Å². The van der Waals surface area contributed by atoms with Gasteiger partial charge in [-0.25, -0.2) is 9.37 Å². The van der Waals surface area contributed by atoms with Gasteiger partial charge >= 0.3 is 0 Å². The first-order valence-corrected chi connectivity index (χ1v) is 9.12. The van der Waals surface area contributed by atoms with Crippen molar-refractivity contribution in [1.29, 1.82) is 0 Å². The number of hydrogen-bond acceptors (Lipinski definition) is 2. The zero-order valence-electron chi connectivity index (χ0n) is 11.1. The van der Waals surface area contributed by atoms with Crippen LogP contribution in [-0.2, 0) is 0 Å². The minimum atomic E-state index is -0.306. The highest BCUT2D eigenvalue weighted by atomic mass is 127. The molecule has 1 aromatic carbocycles. The zero-order chi connectivity index (χ0) is 14.4. The number of benzene rings is 1. The maximum absolute atomic E-state index is 13.1.